The normalized spacial score (nSPS) is 10.8. The highest BCUT2D eigenvalue weighted by Gasteiger charge is 2.04. The zero-order valence-corrected chi connectivity index (χ0v) is 10.3. The molecule has 0 atom stereocenters. The van der Waals surface area contributed by atoms with Crippen molar-refractivity contribution in [2.24, 2.45) is 0 Å². The van der Waals surface area contributed by atoms with E-state index in [0.29, 0.717) is 19.7 Å². The summed E-state index contributed by atoms with van der Waals surface area (Å²) in [5.41, 5.74) is 1.15. The predicted octanol–water partition coefficient (Wildman–Crippen LogP) is 0.872. The number of aliphatic hydroxyl groups is 2. The van der Waals surface area contributed by atoms with E-state index < -0.39 is 0 Å². The van der Waals surface area contributed by atoms with Gasteiger partial charge in [-0.25, -0.2) is 0 Å². The van der Waals surface area contributed by atoms with Crippen molar-refractivity contribution >= 4 is 0 Å². The molecule has 0 bridgehead atoms. The number of rotatable bonds is 8. The largest absolute Gasteiger partial charge is 0.494 e. The molecule has 2 N–H and O–H groups in total. The van der Waals surface area contributed by atoms with Crippen LogP contribution in [0, 0.1) is 0 Å². The van der Waals surface area contributed by atoms with Crippen LogP contribution >= 0.6 is 0 Å². The minimum Gasteiger partial charge on any atom is -0.494 e. The quantitative estimate of drug-likeness (QED) is 0.707. The fraction of sp³-hybridized carbons (Fsp3) is 0.538. The minimum atomic E-state index is 0.108. The van der Waals surface area contributed by atoms with Crippen molar-refractivity contribution in [2.75, 3.05) is 32.9 Å². The molecule has 1 aromatic carbocycles. The summed E-state index contributed by atoms with van der Waals surface area (Å²) in [6.45, 7) is 4.72. The summed E-state index contributed by atoms with van der Waals surface area (Å²) in [4.78, 5) is 2.01. The first kappa shape index (κ1) is 14.0. The number of benzene rings is 1. The smallest absolute Gasteiger partial charge is 0.119 e. The second-order valence-electron chi connectivity index (χ2n) is 3.80. The first-order chi connectivity index (χ1) is 8.30. The molecule has 0 spiro atoms. The second kappa shape index (κ2) is 8.06. The van der Waals surface area contributed by atoms with Crippen LogP contribution in [0.2, 0.25) is 0 Å². The zero-order valence-electron chi connectivity index (χ0n) is 10.3. The lowest BCUT2D eigenvalue weighted by Crippen LogP contribution is -2.29. The van der Waals surface area contributed by atoms with Crippen LogP contribution in [-0.2, 0) is 6.54 Å². The molecule has 96 valence electrons. The molecule has 0 saturated carbocycles. The van der Waals surface area contributed by atoms with E-state index in [0.717, 1.165) is 17.9 Å². The van der Waals surface area contributed by atoms with Gasteiger partial charge in [0.1, 0.15) is 5.75 Å². The fourth-order valence-electron chi connectivity index (χ4n) is 1.67. The maximum Gasteiger partial charge on any atom is 0.119 e. The van der Waals surface area contributed by atoms with Gasteiger partial charge in [0.05, 0.1) is 19.8 Å². The Hall–Kier alpha value is -1.10. The lowest BCUT2D eigenvalue weighted by atomic mass is 10.2. The van der Waals surface area contributed by atoms with E-state index in [1.165, 1.54) is 0 Å². The number of nitrogens with zero attached hydrogens (tertiary/aromatic N) is 1. The maximum absolute atomic E-state index is 8.91. The fourth-order valence-corrected chi connectivity index (χ4v) is 1.67. The van der Waals surface area contributed by atoms with Crippen LogP contribution in [0.25, 0.3) is 0 Å². The van der Waals surface area contributed by atoms with Crippen LogP contribution in [0.5, 0.6) is 5.75 Å². The van der Waals surface area contributed by atoms with Gasteiger partial charge in [-0.2, -0.15) is 0 Å². The molecule has 1 aromatic rings. The summed E-state index contributed by atoms with van der Waals surface area (Å²) < 4.78 is 5.37. The number of hydrogen-bond acceptors (Lipinski definition) is 4. The summed E-state index contributed by atoms with van der Waals surface area (Å²) in [6, 6.07) is 7.89. The van der Waals surface area contributed by atoms with Gasteiger partial charge in [0.15, 0.2) is 0 Å². The summed E-state index contributed by atoms with van der Waals surface area (Å²) in [7, 11) is 0. The Kier molecular flexibility index (Phi) is 6.62. The first-order valence-electron chi connectivity index (χ1n) is 5.96. The van der Waals surface area contributed by atoms with Gasteiger partial charge in [-0.3, -0.25) is 4.90 Å². The Balaban J connectivity index is 2.53. The minimum absolute atomic E-state index is 0.108. The van der Waals surface area contributed by atoms with Gasteiger partial charge in [0.25, 0.3) is 0 Å². The SMILES string of the molecule is CCOc1ccc(CN(CCO)CCO)cc1. The Morgan fingerprint density at radius 3 is 2.12 bits per heavy atom. The van der Waals surface area contributed by atoms with Gasteiger partial charge in [0, 0.05) is 19.6 Å². The molecule has 0 unspecified atom stereocenters. The van der Waals surface area contributed by atoms with Gasteiger partial charge < -0.3 is 14.9 Å². The lowest BCUT2D eigenvalue weighted by Gasteiger charge is -2.20. The van der Waals surface area contributed by atoms with Crippen LogP contribution < -0.4 is 4.74 Å². The van der Waals surface area contributed by atoms with Crippen LogP contribution in [-0.4, -0.2) is 48.0 Å². The second-order valence-corrected chi connectivity index (χ2v) is 3.80. The predicted molar refractivity (Wildman–Crippen MR) is 67.1 cm³/mol. The molecule has 1 rings (SSSR count). The van der Waals surface area contributed by atoms with Gasteiger partial charge in [0.2, 0.25) is 0 Å². The van der Waals surface area contributed by atoms with Gasteiger partial charge in [-0.1, -0.05) is 12.1 Å². The highest BCUT2D eigenvalue weighted by Crippen LogP contribution is 2.13. The molecule has 0 aromatic heterocycles. The first-order valence-corrected chi connectivity index (χ1v) is 5.96. The van der Waals surface area contributed by atoms with Crippen molar-refractivity contribution < 1.29 is 14.9 Å². The maximum atomic E-state index is 8.91. The van der Waals surface area contributed by atoms with E-state index >= 15 is 0 Å². The third-order valence-electron chi connectivity index (χ3n) is 2.47. The molecule has 0 amide bonds. The monoisotopic (exact) mass is 239 g/mol. The van der Waals surface area contributed by atoms with Crippen LogP contribution in [0.4, 0.5) is 0 Å². The van der Waals surface area contributed by atoms with E-state index in [2.05, 4.69) is 0 Å². The van der Waals surface area contributed by atoms with Crippen LogP contribution in [0.3, 0.4) is 0 Å². The van der Waals surface area contributed by atoms with Crippen molar-refractivity contribution in [3.8, 4) is 5.75 Å². The van der Waals surface area contributed by atoms with Crippen molar-refractivity contribution in [2.45, 2.75) is 13.5 Å². The van der Waals surface area contributed by atoms with Crippen molar-refractivity contribution in [1.29, 1.82) is 0 Å². The molecule has 0 fully saturated rings. The number of aliphatic hydroxyl groups excluding tert-OH is 2. The molecule has 0 radical (unpaired) electrons. The molecular weight excluding hydrogens is 218 g/mol. The van der Waals surface area contributed by atoms with Gasteiger partial charge in [-0.05, 0) is 24.6 Å². The van der Waals surface area contributed by atoms with E-state index in [9.17, 15) is 0 Å². The van der Waals surface area contributed by atoms with Gasteiger partial charge in [-0.15, -0.1) is 0 Å². The highest BCUT2D eigenvalue weighted by atomic mass is 16.5. The summed E-state index contributed by atoms with van der Waals surface area (Å²) in [5.74, 6) is 0.868. The number of ether oxygens (including phenoxy) is 1. The summed E-state index contributed by atoms with van der Waals surface area (Å²) >= 11 is 0. The van der Waals surface area contributed by atoms with Crippen LogP contribution in [0.15, 0.2) is 24.3 Å². The molecular formula is C13H21NO3. The third-order valence-corrected chi connectivity index (χ3v) is 2.47. The van der Waals surface area contributed by atoms with E-state index in [-0.39, 0.29) is 13.2 Å². The molecule has 0 aliphatic heterocycles. The standard InChI is InChI=1S/C13H21NO3/c1-2-17-13-5-3-12(4-6-13)11-14(7-9-15)8-10-16/h3-6,15-16H,2,7-11H2,1H3. The lowest BCUT2D eigenvalue weighted by molar-refractivity contribution is 0.156. The Labute approximate surface area is 102 Å². The Bertz CT molecular complexity index is 294. The zero-order chi connectivity index (χ0) is 12.5. The average Bonchev–Trinajstić information content (AvgIpc) is 2.33. The van der Waals surface area contributed by atoms with Crippen LogP contribution in [0.1, 0.15) is 12.5 Å². The highest BCUT2D eigenvalue weighted by molar-refractivity contribution is 5.27. The van der Waals surface area contributed by atoms with Gasteiger partial charge >= 0.3 is 0 Å². The van der Waals surface area contributed by atoms with E-state index in [4.69, 9.17) is 14.9 Å². The van der Waals surface area contributed by atoms with Crippen molar-refractivity contribution in [3.63, 3.8) is 0 Å². The summed E-state index contributed by atoms with van der Waals surface area (Å²) in [5, 5.41) is 17.8. The third kappa shape index (κ3) is 5.17. The molecule has 0 saturated heterocycles. The van der Waals surface area contributed by atoms with Crippen molar-refractivity contribution in [3.05, 3.63) is 29.8 Å². The molecule has 0 aliphatic rings. The Morgan fingerprint density at radius 1 is 1.06 bits per heavy atom. The molecule has 4 nitrogen and oxygen atoms in total. The van der Waals surface area contributed by atoms with Crippen molar-refractivity contribution in [1.82, 2.24) is 4.90 Å². The molecule has 0 aliphatic carbocycles. The molecule has 4 heteroatoms. The average molecular weight is 239 g/mol. The Morgan fingerprint density at radius 2 is 1.65 bits per heavy atom. The topological polar surface area (TPSA) is 52.9 Å². The molecule has 0 heterocycles. The van der Waals surface area contributed by atoms with E-state index in [1.54, 1.807) is 0 Å². The van der Waals surface area contributed by atoms with E-state index in [1.807, 2.05) is 36.1 Å². The number of hydrogen-bond donors (Lipinski definition) is 2. The summed E-state index contributed by atoms with van der Waals surface area (Å²) in [6.07, 6.45) is 0. The molecule has 17 heavy (non-hydrogen) atoms.